The van der Waals surface area contributed by atoms with Gasteiger partial charge in [0.1, 0.15) is 0 Å². The Morgan fingerprint density at radius 2 is 1.93 bits per heavy atom. The maximum Gasteiger partial charge on any atom is 0.0616 e. The molecule has 0 aromatic heterocycles. The zero-order chi connectivity index (χ0) is 22.1. The molecule has 170 valence electrons. The Labute approximate surface area is 184 Å². The van der Waals surface area contributed by atoms with Crippen LogP contribution in [0.5, 0.6) is 0 Å². The van der Waals surface area contributed by atoms with Crippen LogP contribution in [0, 0.1) is 23.2 Å². The van der Waals surface area contributed by atoms with E-state index in [9.17, 15) is 15.3 Å². The first-order chi connectivity index (χ1) is 14.0. The van der Waals surface area contributed by atoms with Crippen molar-refractivity contribution in [1.29, 1.82) is 0 Å². The van der Waals surface area contributed by atoms with Crippen molar-refractivity contribution in [3.8, 4) is 0 Å². The SMILES string of the molecule is C=C1CC[C@@H](O)C/C1=C/C=C1\CCC[C@@]2(C)[C@@H]1CC[C@@H]2[C@H](C)CC(O)CC(C)(C)O. The summed E-state index contributed by atoms with van der Waals surface area (Å²) in [5.74, 6) is 1.72. The fourth-order valence-electron chi connectivity index (χ4n) is 6.86. The zero-order valence-corrected chi connectivity index (χ0v) is 19.7. The van der Waals surface area contributed by atoms with Crippen LogP contribution in [-0.4, -0.2) is 33.1 Å². The Morgan fingerprint density at radius 1 is 1.20 bits per heavy atom. The lowest BCUT2D eigenvalue weighted by atomic mass is 9.60. The maximum absolute atomic E-state index is 10.5. The van der Waals surface area contributed by atoms with Gasteiger partial charge in [-0.15, -0.1) is 0 Å². The lowest BCUT2D eigenvalue weighted by Gasteiger charge is -2.44. The minimum Gasteiger partial charge on any atom is -0.393 e. The third-order valence-corrected chi connectivity index (χ3v) is 8.29. The Morgan fingerprint density at radius 3 is 2.63 bits per heavy atom. The molecule has 0 aromatic rings. The van der Waals surface area contributed by atoms with Gasteiger partial charge in [-0.05, 0) is 100 Å². The van der Waals surface area contributed by atoms with E-state index in [0.717, 1.165) is 25.7 Å². The summed E-state index contributed by atoms with van der Waals surface area (Å²) in [6, 6.07) is 0. The summed E-state index contributed by atoms with van der Waals surface area (Å²) in [7, 11) is 0. The van der Waals surface area contributed by atoms with Gasteiger partial charge in [-0.3, -0.25) is 0 Å². The molecule has 3 saturated carbocycles. The van der Waals surface area contributed by atoms with Crippen molar-refractivity contribution in [2.45, 2.75) is 110 Å². The van der Waals surface area contributed by atoms with Crippen LogP contribution in [0.3, 0.4) is 0 Å². The molecule has 0 spiro atoms. The highest BCUT2D eigenvalue weighted by Crippen LogP contribution is 2.60. The third kappa shape index (κ3) is 5.47. The first-order valence-electron chi connectivity index (χ1n) is 12.2. The molecule has 0 aliphatic heterocycles. The fraction of sp³-hybridized carbons (Fsp3) is 0.778. The van der Waals surface area contributed by atoms with Gasteiger partial charge in [0.25, 0.3) is 0 Å². The van der Waals surface area contributed by atoms with Crippen LogP contribution in [0.2, 0.25) is 0 Å². The quantitative estimate of drug-likeness (QED) is 0.520. The lowest BCUT2D eigenvalue weighted by molar-refractivity contribution is 0.000134. The van der Waals surface area contributed by atoms with E-state index in [1.807, 2.05) is 0 Å². The number of allylic oxidation sites excluding steroid dienone is 4. The van der Waals surface area contributed by atoms with Gasteiger partial charge in [0, 0.05) is 6.42 Å². The van der Waals surface area contributed by atoms with E-state index in [-0.39, 0.29) is 6.10 Å². The molecule has 3 aliphatic rings. The summed E-state index contributed by atoms with van der Waals surface area (Å²) in [6.45, 7) is 12.6. The summed E-state index contributed by atoms with van der Waals surface area (Å²) < 4.78 is 0. The second-order valence-corrected chi connectivity index (χ2v) is 11.4. The number of aliphatic hydroxyl groups excluding tert-OH is 2. The maximum atomic E-state index is 10.5. The Kier molecular flexibility index (Phi) is 7.37. The molecular weight excluding hydrogens is 372 g/mol. The smallest absolute Gasteiger partial charge is 0.0616 e. The van der Waals surface area contributed by atoms with Gasteiger partial charge in [0.15, 0.2) is 0 Å². The van der Waals surface area contributed by atoms with Crippen LogP contribution in [0.4, 0.5) is 0 Å². The standard InChI is InChI=1S/C27H44O3/c1-18-8-11-22(28)16-21(18)10-9-20-7-6-14-27(5)24(12-13-25(20)27)19(2)15-23(29)17-26(3,4)30/h9-10,19,22-25,28-30H,1,6-8,11-17H2,2-5H3/b20-9+,21-10-/t19-,22-,23?,24-,25-,27-/m1/s1. The molecule has 0 radical (unpaired) electrons. The molecule has 3 nitrogen and oxygen atoms in total. The highest BCUT2D eigenvalue weighted by Gasteiger charge is 2.50. The van der Waals surface area contributed by atoms with E-state index >= 15 is 0 Å². The molecule has 0 heterocycles. The Balaban J connectivity index is 1.71. The number of aliphatic hydroxyl groups is 3. The summed E-state index contributed by atoms with van der Waals surface area (Å²) >= 11 is 0. The lowest BCUT2D eigenvalue weighted by Crippen LogP contribution is -2.37. The average molecular weight is 417 g/mol. The molecule has 6 atom stereocenters. The molecule has 3 N–H and O–H groups in total. The van der Waals surface area contributed by atoms with Crippen molar-refractivity contribution in [1.82, 2.24) is 0 Å². The van der Waals surface area contributed by atoms with Crippen LogP contribution in [-0.2, 0) is 0 Å². The number of hydrogen-bond acceptors (Lipinski definition) is 3. The predicted octanol–water partition coefficient (Wildman–Crippen LogP) is 5.70. The molecule has 30 heavy (non-hydrogen) atoms. The van der Waals surface area contributed by atoms with Gasteiger partial charge in [-0.2, -0.15) is 0 Å². The summed E-state index contributed by atoms with van der Waals surface area (Å²) in [5, 5.41) is 30.6. The van der Waals surface area contributed by atoms with Crippen molar-refractivity contribution in [3.05, 3.63) is 35.5 Å². The zero-order valence-electron chi connectivity index (χ0n) is 19.7. The van der Waals surface area contributed by atoms with Crippen molar-refractivity contribution >= 4 is 0 Å². The van der Waals surface area contributed by atoms with Crippen LogP contribution >= 0.6 is 0 Å². The van der Waals surface area contributed by atoms with E-state index in [0.29, 0.717) is 29.6 Å². The van der Waals surface area contributed by atoms with Crippen LogP contribution in [0.1, 0.15) is 91.9 Å². The first kappa shape index (κ1) is 23.8. The van der Waals surface area contributed by atoms with Gasteiger partial charge in [-0.1, -0.05) is 43.7 Å². The Hall–Kier alpha value is -0.900. The minimum absolute atomic E-state index is 0.219. The summed E-state index contributed by atoms with van der Waals surface area (Å²) in [5.41, 5.74) is 3.49. The van der Waals surface area contributed by atoms with Crippen LogP contribution < -0.4 is 0 Å². The first-order valence-corrected chi connectivity index (χ1v) is 12.2. The van der Waals surface area contributed by atoms with E-state index in [2.05, 4.69) is 32.6 Å². The topological polar surface area (TPSA) is 60.7 Å². The van der Waals surface area contributed by atoms with Gasteiger partial charge in [0.05, 0.1) is 17.8 Å². The van der Waals surface area contributed by atoms with Crippen LogP contribution in [0.25, 0.3) is 0 Å². The largest absolute Gasteiger partial charge is 0.393 e. The van der Waals surface area contributed by atoms with E-state index in [1.54, 1.807) is 19.4 Å². The average Bonchev–Trinajstić information content (AvgIpc) is 2.98. The highest BCUT2D eigenvalue weighted by molar-refractivity contribution is 5.36. The van der Waals surface area contributed by atoms with Crippen molar-refractivity contribution in [3.63, 3.8) is 0 Å². The van der Waals surface area contributed by atoms with E-state index < -0.39 is 11.7 Å². The number of fused-ring (bicyclic) bond motifs is 1. The van der Waals surface area contributed by atoms with Gasteiger partial charge in [-0.25, -0.2) is 0 Å². The number of hydrogen-bond donors (Lipinski definition) is 3. The minimum atomic E-state index is -0.813. The molecule has 3 heteroatoms. The molecular formula is C27H44O3. The fourth-order valence-corrected chi connectivity index (χ4v) is 6.86. The molecule has 0 saturated heterocycles. The normalized spacial score (nSPS) is 37.4. The molecule has 1 unspecified atom stereocenters. The molecule has 3 rings (SSSR count). The van der Waals surface area contributed by atoms with Crippen molar-refractivity contribution in [2.75, 3.05) is 0 Å². The third-order valence-electron chi connectivity index (χ3n) is 8.29. The molecule has 0 aromatic carbocycles. The van der Waals surface area contributed by atoms with Crippen LogP contribution in [0.15, 0.2) is 35.5 Å². The molecule has 0 amide bonds. The van der Waals surface area contributed by atoms with E-state index in [1.165, 1.54) is 43.3 Å². The second kappa shape index (κ2) is 9.30. The van der Waals surface area contributed by atoms with Crippen molar-refractivity contribution in [2.24, 2.45) is 23.2 Å². The van der Waals surface area contributed by atoms with E-state index in [4.69, 9.17) is 0 Å². The molecule has 3 aliphatic carbocycles. The second-order valence-electron chi connectivity index (χ2n) is 11.4. The number of rotatable bonds is 6. The van der Waals surface area contributed by atoms with Crippen molar-refractivity contribution < 1.29 is 15.3 Å². The van der Waals surface area contributed by atoms with Gasteiger partial charge >= 0.3 is 0 Å². The Bertz CT molecular complexity index is 683. The highest BCUT2D eigenvalue weighted by atomic mass is 16.3. The monoisotopic (exact) mass is 416 g/mol. The molecule has 3 fully saturated rings. The molecule has 0 bridgehead atoms. The van der Waals surface area contributed by atoms with Gasteiger partial charge in [0.2, 0.25) is 0 Å². The van der Waals surface area contributed by atoms with Gasteiger partial charge < -0.3 is 15.3 Å². The summed E-state index contributed by atoms with van der Waals surface area (Å²) in [4.78, 5) is 0. The summed E-state index contributed by atoms with van der Waals surface area (Å²) in [6.07, 6.45) is 13.8. The predicted molar refractivity (Wildman–Crippen MR) is 124 cm³/mol.